The van der Waals surface area contributed by atoms with Gasteiger partial charge in [-0.05, 0) is 65.0 Å². The summed E-state index contributed by atoms with van der Waals surface area (Å²) >= 11 is 2.96. The average Bonchev–Trinajstić information content (AvgIpc) is 2.38. The van der Waals surface area contributed by atoms with E-state index in [0.717, 1.165) is 23.3 Å². The second kappa shape index (κ2) is 6.02. The Morgan fingerprint density at radius 1 is 1.05 bits per heavy atom. The van der Waals surface area contributed by atoms with Crippen molar-refractivity contribution in [2.45, 2.75) is 26.3 Å². The minimum Gasteiger partial charge on any atom is -0.324 e. The molecule has 0 saturated carbocycles. The average molecular weight is 340 g/mol. The van der Waals surface area contributed by atoms with Crippen molar-refractivity contribution in [3.05, 3.63) is 68.7 Å². The van der Waals surface area contributed by atoms with Crippen LogP contribution in [0.15, 0.2) is 34.8 Å². The molecule has 2 N–H and O–H groups in total. The minimum absolute atomic E-state index is 0.108. The second-order valence-electron chi connectivity index (χ2n) is 5.02. The predicted molar refractivity (Wildman–Crippen MR) is 80.6 cm³/mol. The van der Waals surface area contributed by atoms with E-state index in [9.17, 15) is 8.78 Å². The number of hydrogen-bond acceptors (Lipinski definition) is 1. The third-order valence-electron chi connectivity index (χ3n) is 3.47. The first-order chi connectivity index (χ1) is 9.38. The quantitative estimate of drug-likeness (QED) is 0.813. The van der Waals surface area contributed by atoms with Crippen LogP contribution in [0.3, 0.4) is 0 Å². The molecule has 0 aliphatic rings. The van der Waals surface area contributed by atoms with Crippen molar-refractivity contribution in [3.8, 4) is 0 Å². The largest absolute Gasteiger partial charge is 0.324 e. The summed E-state index contributed by atoms with van der Waals surface area (Å²) in [7, 11) is 0. The van der Waals surface area contributed by atoms with Crippen molar-refractivity contribution in [2.75, 3.05) is 0 Å². The normalized spacial score (nSPS) is 12.5. The topological polar surface area (TPSA) is 26.0 Å². The van der Waals surface area contributed by atoms with Crippen LogP contribution >= 0.6 is 15.9 Å². The molecule has 1 nitrogen and oxygen atoms in total. The van der Waals surface area contributed by atoms with Crippen LogP contribution in [0.2, 0.25) is 0 Å². The molecule has 1 atom stereocenters. The zero-order valence-corrected chi connectivity index (χ0v) is 13.0. The summed E-state index contributed by atoms with van der Waals surface area (Å²) in [5, 5.41) is 0. The summed E-state index contributed by atoms with van der Waals surface area (Å²) in [4.78, 5) is 0. The number of hydrogen-bond donors (Lipinski definition) is 1. The van der Waals surface area contributed by atoms with Crippen molar-refractivity contribution in [1.82, 2.24) is 0 Å². The van der Waals surface area contributed by atoms with Crippen LogP contribution < -0.4 is 5.73 Å². The minimum atomic E-state index is -0.570. The van der Waals surface area contributed by atoms with Crippen LogP contribution in [0.5, 0.6) is 0 Å². The Bertz CT molecular complexity index is 641. The third-order valence-corrected chi connectivity index (χ3v) is 4.07. The first-order valence-corrected chi connectivity index (χ1v) is 7.14. The van der Waals surface area contributed by atoms with Crippen molar-refractivity contribution in [2.24, 2.45) is 5.73 Å². The van der Waals surface area contributed by atoms with Crippen LogP contribution in [-0.2, 0) is 6.42 Å². The van der Waals surface area contributed by atoms with Crippen LogP contribution in [0, 0.1) is 25.5 Å². The molecular formula is C16H16BrF2N. The molecule has 0 aliphatic heterocycles. The molecule has 0 aliphatic carbocycles. The molecular weight excluding hydrogens is 324 g/mol. The molecule has 0 spiro atoms. The zero-order valence-electron chi connectivity index (χ0n) is 11.4. The zero-order chi connectivity index (χ0) is 14.9. The fourth-order valence-electron chi connectivity index (χ4n) is 2.12. The standard InChI is InChI=1S/C16H16BrF2N/c1-9-3-4-11(5-10(9)2)6-16(20)12-7-15(19)13(17)8-14(12)18/h3-5,7-8,16H,6,20H2,1-2H3. The van der Waals surface area contributed by atoms with Crippen LogP contribution in [-0.4, -0.2) is 0 Å². The molecule has 2 aromatic carbocycles. The summed E-state index contributed by atoms with van der Waals surface area (Å²) in [6.07, 6.45) is 0.471. The maximum absolute atomic E-state index is 13.9. The number of aryl methyl sites for hydroxylation is 2. The summed E-state index contributed by atoms with van der Waals surface area (Å²) in [5.41, 5.74) is 9.59. The highest BCUT2D eigenvalue weighted by Gasteiger charge is 2.15. The molecule has 4 heteroatoms. The first-order valence-electron chi connectivity index (χ1n) is 6.34. The molecule has 20 heavy (non-hydrogen) atoms. The van der Waals surface area contributed by atoms with Crippen molar-refractivity contribution < 1.29 is 8.78 Å². The van der Waals surface area contributed by atoms with Gasteiger partial charge in [-0.1, -0.05) is 18.2 Å². The van der Waals surface area contributed by atoms with Gasteiger partial charge in [0, 0.05) is 11.6 Å². The van der Waals surface area contributed by atoms with Gasteiger partial charge in [-0.3, -0.25) is 0 Å². The van der Waals surface area contributed by atoms with Gasteiger partial charge in [-0.2, -0.15) is 0 Å². The van der Waals surface area contributed by atoms with Crippen LogP contribution in [0.25, 0.3) is 0 Å². The summed E-state index contributed by atoms with van der Waals surface area (Å²) in [6.45, 7) is 4.05. The Hall–Kier alpha value is -1.26. The van der Waals surface area contributed by atoms with E-state index < -0.39 is 17.7 Å². The van der Waals surface area contributed by atoms with Gasteiger partial charge in [0.1, 0.15) is 11.6 Å². The Labute approximate surface area is 125 Å². The highest BCUT2D eigenvalue weighted by molar-refractivity contribution is 9.10. The molecule has 0 heterocycles. The predicted octanol–water partition coefficient (Wildman–Crippen LogP) is 4.59. The Morgan fingerprint density at radius 3 is 2.40 bits per heavy atom. The third kappa shape index (κ3) is 3.25. The lowest BCUT2D eigenvalue weighted by Gasteiger charge is -2.14. The van der Waals surface area contributed by atoms with Gasteiger partial charge in [0.2, 0.25) is 0 Å². The van der Waals surface area contributed by atoms with Crippen molar-refractivity contribution in [1.29, 1.82) is 0 Å². The monoisotopic (exact) mass is 339 g/mol. The van der Waals surface area contributed by atoms with E-state index in [0.29, 0.717) is 6.42 Å². The summed E-state index contributed by atoms with van der Waals surface area (Å²) in [6, 6.07) is 7.71. The Kier molecular flexibility index (Phi) is 4.55. The molecule has 0 fully saturated rings. The van der Waals surface area contributed by atoms with E-state index in [4.69, 9.17) is 5.73 Å². The lowest BCUT2D eigenvalue weighted by Crippen LogP contribution is -2.15. The van der Waals surface area contributed by atoms with E-state index in [-0.39, 0.29) is 10.0 Å². The van der Waals surface area contributed by atoms with Gasteiger partial charge in [0.15, 0.2) is 0 Å². The number of benzene rings is 2. The van der Waals surface area contributed by atoms with Crippen LogP contribution in [0.1, 0.15) is 28.3 Å². The van der Waals surface area contributed by atoms with Crippen molar-refractivity contribution in [3.63, 3.8) is 0 Å². The Morgan fingerprint density at radius 2 is 1.75 bits per heavy atom. The summed E-state index contributed by atoms with van der Waals surface area (Å²) in [5.74, 6) is -0.994. The smallest absolute Gasteiger partial charge is 0.137 e. The lowest BCUT2D eigenvalue weighted by molar-refractivity contribution is 0.557. The number of rotatable bonds is 3. The van der Waals surface area contributed by atoms with E-state index in [1.54, 1.807) is 0 Å². The molecule has 2 rings (SSSR count). The first kappa shape index (κ1) is 15.1. The molecule has 0 aromatic heterocycles. The molecule has 0 radical (unpaired) electrons. The molecule has 0 bridgehead atoms. The molecule has 0 amide bonds. The fourth-order valence-corrected chi connectivity index (χ4v) is 2.43. The Balaban J connectivity index is 2.25. The van der Waals surface area contributed by atoms with Gasteiger partial charge < -0.3 is 5.73 Å². The lowest BCUT2D eigenvalue weighted by atomic mass is 9.97. The van der Waals surface area contributed by atoms with Crippen LogP contribution in [0.4, 0.5) is 8.78 Å². The summed E-state index contributed by atoms with van der Waals surface area (Å²) < 4.78 is 27.5. The van der Waals surface area contributed by atoms with E-state index in [1.807, 2.05) is 32.0 Å². The SMILES string of the molecule is Cc1ccc(CC(N)c2cc(F)c(Br)cc2F)cc1C. The van der Waals surface area contributed by atoms with Gasteiger partial charge >= 0.3 is 0 Å². The second-order valence-corrected chi connectivity index (χ2v) is 5.87. The van der Waals surface area contributed by atoms with E-state index in [2.05, 4.69) is 15.9 Å². The van der Waals surface area contributed by atoms with Crippen molar-refractivity contribution >= 4 is 15.9 Å². The maximum Gasteiger partial charge on any atom is 0.137 e. The fraction of sp³-hybridized carbons (Fsp3) is 0.250. The molecule has 0 saturated heterocycles. The molecule has 1 unspecified atom stereocenters. The van der Waals surface area contributed by atoms with Gasteiger partial charge in [-0.25, -0.2) is 8.78 Å². The highest BCUT2D eigenvalue weighted by atomic mass is 79.9. The molecule has 2 aromatic rings. The van der Waals surface area contributed by atoms with E-state index >= 15 is 0 Å². The van der Waals surface area contributed by atoms with Gasteiger partial charge in [0.05, 0.1) is 4.47 Å². The van der Waals surface area contributed by atoms with E-state index in [1.165, 1.54) is 5.56 Å². The van der Waals surface area contributed by atoms with Gasteiger partial charge in [-0.15, -0.1) is 0 Å². The number of nitrogens with two attached hydrogens (primary N) is 1. The maximum atomic E-state index is 13.9. The number of halogens is 3. The molecule has 106 valence electrons. The van der Waals surface area contributed by atoms with Gasteiger partial charge in [0.25, 0.3) is 0 Å². The highest BCUT2D eigenvalue weighted by Crippen LogP contribution is 2.25.